The summed E-state index contributed by atoms with van der Waals surface area (Å²) in [5, 5.41) is 3.34. The van der Waals surface area contributed by atoms with E-state index in [1.807, 2.05) is 0 Å². The lowest BCUT2D eigenvalue weighted by Gasteiger charge is -2.31. The van der Waals surface area contributed by atoms with Gasteiger partial charge in [-0.2, -0.15) is 0 Å². The van der Waals surface area contributed by atoms with Crippen LogP contribution in [0.1, 0.15) is 45.4 Å². The van der Waals surface area contributed by atoms with Crippen LogP contribution in [0.15, 0.2) is 0 Å². The van der Waals surface area contributed by atoms with Gasteiger partial charge >= 0.3 is 0 Å². The van der Waals surface area contributed by atoms with E-state index in [9.17, 15) is 0 Å². The maximum absolute atomic E-state index is 5.40. The molecule has 1 saturated carbocycles. The first-order valence-corrected chi connectivity index (χ1v) is 6.60. The first kappa shape index (κ1) is 13.0. The molecule has 0 aromatic carbocycles. The highest BCUT2D eigenvalue weighted by atomic mass is 16.5. The van der Waals surface area contributed by atoms with E-state index in [1.165, 1.54) is 45.1 Å². The lowest BCUT2D eigenvalue weighted by Crippen LogP contribution is -2.28. The summed E-state index contributed by atoms with van der Waals surface area (Å²) in [4.78, 5) is 0. The van der Waals surface area contributed by atoms with Crippen molar-refractivity contribution < 1.29 is 4.74 Å². The molecule has 1 fully saturated rings. The molecule has 2 unspecified atom stereocenters. The second-order valence-electron chi connectivity index (χ2n) is 4.70. The number of nitrogens with one attached hydrogen (secondary N) is 1. The van der Waals surface area contributed by atoms with Crippen LogP contribution in [0.3, 0.4) is 0 Å². The molecule has 1 N–H and O–H groups in total. The number of hydrogen-bond donors (Lipinski definition) is 1. The average molecular weight is 213 g/mol. The van der Waals surface area contributed by atoms with Crippen LogP contribution in [0.2, 0.25) is 0 Å². The van der Waals surface area contributed by atoms with E-state index in [0.29, 0.717) is 0 Å². The van der Waals surface area contributed by atoms with Gasteiger partial charge in [0.25, 0.3) is 0 Å². The summed E-state index contributed by atoms with van der Waals surface area (Å²) in [6.07, 6.45) is 8.37. The Bertz CT molecular complexity index is 147. The number of ether oxygens (including phenoxy) is 1. The van der Waals surface area contributed by atoms with E-state index >= 15 is 0 Å². The van der Waals surface area contributed by atoms with Crippen LogP contribution in [0.4, 0.5) is 0 Å². The van der Waals surface area contributed by atoms with Gasteiger partial charge in [0.05, 0.1) is 0 Å². The Morgan fingerprint density at radius 2 is 1.93 bits per heavy atom. The molecule has 0 aromatic rings. The fraction of sp³-hybridized carbons (Fsp3) is 1.00. The lowest BCUT2D eigenvalue weighted by atomic mass is 9.77. The fourth-order valence-corrected chi connectivity index (χ4v) is 2.79. The molecule has 0 aromatic heterocycles. The van der Waals surface area contributed by atoms with E-state index < -0.39 is 0 Å². The van der Waals surface area contributed by atoms with Crippen molar-refractivity contribution in [1.82, 2.24) is 5.32 Å². The molecule has 1 aliphatic rings. The molecule has 0 aliphatic heterocycles. The quantitative estimate of drug-likeness (QED) is 0.657. The van der Waals surface area contributed by atoms with Crippen molar-refractivity contribution >= 4 is 0 Å². The maximum Gasteiger partial charge on any atom is 0.0465 e. The summed E-state index contributed by atoms with van der Waals surface area (Å²) in [5.41, 5.74) is 0. The van der Waals surface area contributed by atoms with Crippen LogP contribution in [0.5, 0.6) is 0 Å². The molecule has 1 aliphatic carbocycles. The highest BCUT2D eigenvalue weighted by Crippen LogP contribution is 2.32. The molecule has 0 bridgehead atoms. The molecular weight excluding hydrogens is 186 g/mol. The molecule has 0 heterocycles. The third-order valence-electron chi connectivity index (χ3n) is 3.60. The Hall–Kier alpha value is -0.0800. The van der Waals surface area contributed by atoms with Gasteiger partial charge in [0.15, 0.2) is 0 Å². The van der Waals surface area contributed by atoms with Gasteiger partial charge in [0.1, 0.15) is 0 Å². The predicted octanol–water partition coefficient (Wildman–Crippen LogP) is 2.83. The number of hydrogen-bond acceptors (Lipinski definition) is 2. The van der Waals surface area contributed by atoms with Crippen molar-refractivity contribution in [1.29, 1.82) is 0 Å². The molecule has 15 heavy (non-hydrogen) atoms. The highest BCUT2D eigenvalue weighted by Gasteiger charge is 2.23. The number of rotatable bonds is 7. The van der Waals surface area contributed by atoms with E-state index in [1.54, 1.807) is 0 Å². The van der Waals surface area contributed by atoms with Crippen LogP contribution >= 0.6 is 0 Å². The molecule has 0 radical (unpaired) electrons. The standard InChI is InChI=1S/C13H27NO/c1-3-15-10-6-9-12-7-4-5-8-13(12)11-14-2/h12-14H,3-11H2,1-2H3. The zero-order valence-electron chi connectivity index (χ0n) is 10.4. The van der Waals surface area contributed by atoms with Crippen molar-refractivity contribution in [2.45, 2.75) is 45.4 Å². The SMILES string of the molecule is CCOCCCC1CCCCC1CNC. The summed E-state index contributed by atoms with van der Waals surface area (Å²) in [6, 6.07) is 0. The maximum atomic E-state index is 5.40. The lowest BCUT2D eigenvalue weighted by molar-refractivity contribution is 0.128. The summed E-state index contributed by atoms with van der Waals surface area (Å²) < 4.78 is 5.40. The Morgan fingerprint density at radius 3 is 2.60 bits per heavy atom. The van der Waals surface area contributed by atoms with Crippen molar-refractivity contribution in [3.8, 4) is 0 Å². The molecule has 0 spiro atoms. The molecule has 0 saturated heterocycles. The van der Waals surface area contributed by atoms with Crippen molar-refractivity contribution in [3.05, 3.63) is 0 Å². The minimum absolute atomic E-state index is 0.866. The van der Waals surface area contributed by atoms with Crippen LogP contribution in [-0.2, 0) is 4.74 Å². The van der Waals surface area contributed by atoms with Crippen LogP contribution in [0, 0.1) is 11.8 Å². The minimum atomic E-state index is 0.866. The van der Waals surface area contributed by atoms with E-state index in [4.69, 9.17) is 4.74 Å². The summed E-state index contributed by atoms with van der Waals surface area (Å²) in [7, 11) is 2.08. The molecule has 2 nitrogen and oxygen atoms in total. The van der Waals surface area contributed by atoms with Gasteiger partial charge in [-0.05, 0) is 51.6 Å². The molecule has 2 atom stereocenters. The third-order valence-corrected chi connectivity index (χ3v) is 3.60. The van der Waals surface area contributed by atoms with Gasteiger partial charge in [0, 0.05) is 13.2 Å². The normalized spacial score (nSPS) is 26.8. The zero-order chi connectivity index (χ0) is 10.9. The van der Waals surface area contributed by atoms with E-state index in [2.05, 4.69) is 19.3 Å². The molecular formula is C13H27NO. The van der Waals surface area contributed by atoms with Crippen molar-refractivity contribution in [3.63, 3.8) is 0 Å². The summed E-state index contributed by atoms with van der Waals surface area (Å²) in [6.45, 7) is 5.10. The average Bonchev–Trinajstić information content (AvgIpc) is 2.27. The molecule has 90 valence electrons. The summed E-state index contributed by atoms with van der Waals surface area (Å²) in [5.74, 6) is 1.87. The Morgan fingerprint density at radius 1 is 1.20 bits per heavy atom. The van der Waals surface area contributed by atoms with Gasteiger partial charge in [-0.25, -0.2) is 0 Å². The van der Waals surface area contributed by atoms with Gasteiger partial charge in [-0.15, -0.1) is 0 Å². The van der Waals surface area contributed by atoms with E-state index in [-0.39, 0.29) is 0 Å². The van der Waals surface area contributed by atoms with Crippen molar-refractivity contribution in [2.75, 3.05) is 26.8 Å². The smallest absolute Gasteiger partial charge is 0.0465 e. The van der Waals surface area contributed by atoms with Gasteiger partial charge in [-0.1, -0.05) is 19.3 Å². The Labute approximate surface area is 94.8 Å². The van der Waals surface area contributed by atoms with Crippen LogP contribution in [-0.4, -0.2) is 26.8 Å². The van der Waals surface area contributed by atoms with Crippen LogP contribution in [0.25, 0.3) is 0 Å². The Balaban J connectivity index is 2.17. The predicted molar refractivity (Wildman–Crippen MR) is 65.1 cm³/mol. The topological polar surface area (TPSA) is 21.3 Å². The van der Waals surface area contributed by atoms with E-state index in [0.717, 1.165) is 25.0 Å². The highest BCUT2D eigenvalue weighted by molar-refractivity contribution is 4.76. The van der Waals surface area contributed by atoms with Gasteiger partial charge in [0.2, 0.25) is 0 Å². The second-order valence-corrected chi connectivity index (χ2v) is 4.70. The molecule has 2 heteroatoms. The van der Waals surface area contributed by atoms with Crippen LogP contribution < -0.4 is 5.32 Å². The zero-order valence-corrected chi connectivity index (χ0v) is 10.4. The Kier molecular flexibility index (Phi) is 7.03. The molecule has 1 rings (SSSR count). The first-order chi connectivity index (χ1) is 7.38. The largest absolute Gasteiger partial charge is 0.382 e. The third kappa shape index (κ3) is 4.98. The minimum Gasteiger partial charge on any atom is -0.382 e. The fourth-order valence-electron chi connectivity index (χ4n) is 2.79. The first-order valence-electron chi connectivity index (χ1n) is 6.60. The second kappa shape index (κ2) is 8.12. The van der Waals surface area contributed by atoms with Crippen molar-refractivity contribution in [2.24, 2.45) is 11.8 Å². The summed E-state index contributed by atoms with van der Waals surface area (Å²) >= 11 is 0. The molecule has 0 amide bonds. The monoisotopic (exact) mass is 213 g/mol. The van der Waals surface area contributed by atoms with Gasteiger partial charge < -0.3 is 10.1 Å². The van der Waals surface area contributed by atoms with Gasteiger partial charge in [-0.3, -0.25) is 0 Å².